The summed E-state index contributed by atoms with van der Waals surface area (Å²) in [5, 5.41) is 6.06. The topological polar surface area (TPSA) is 109 Å². The molecule has 6 heterocycles. The summed E-state index contributed by atoms with van der Waals surface area (Å²) in [4.78, 5) is 50.9. The molecule has 0 atom stereocenters. The molecule has 39 heavy (non-hydrogen) atoms. The number of hydrogen-bond donors (Lipinski definition) is 1. The number of likely N-dealkylation sites (tertiary alicyclic amines) is 1. The Morgan fingerprint density at radius 2 is 2.05 bits per heavy atom. The third kappa shape index (κ3) is 5.29. The van der Waals surface area contributed by atoms with Gasteiger partial charge in [0.1, 0.15) is 5.82 Å². The molecule has 0 aromatic carbocycles. The number of amides is 3. The molecule has 3 aliphatic rings. The SMILES string of the molecule is O=C(/C=C/c1cnc2c(c1)CC1(CCN(C(=O)c3ccco3)CC1)C(=O)N2)N1CC=C(Cc2nccs2)CC1. The van der Waals surface area contributed by atoms with Crippen molar-refractivity contribution in [1.29, 1.82) is 0 Å². The van der Waals surface area contributed by atoms with Crippen LogP contribution in [0.1, 0.15) is 46.0 Å². The molecule has 1 fully saturated rings. The largest absolute Gasteiger partial charge is 0.459 e. The highest BCUT2D eigenvalue weighted by Gasteiger charge is 2.45. The Labute approximate surface area is 230 Å². The summed E-state index contributed by atoms with van der Waals surface area (Å²) in [6.07, 6.45) is 13.9. The van der Waals surface area contributed by atoms with Crippen LogP contribution in [-0.2, 0) is 22.4 Å². The number of carbonyl (C=O) groups excluding carboxylic acids is 3. The Morgan fingerprint density at radius 3 is 2.77 bits per heavy atom. The van der Waals surface area contributed by atoms with Gasteiger partial charge in [-0.25, -0.2) is 9.97 Å². The van der Waals surface area contributed by atoms with Gasteiger partial charge in [-0.2, -0.15) is 0 Å². The number of anilines is 1. The standard InChI is InChI=1S/C29H29N5O4S/c35-25(33-10-5-20(6-11-33)17-24-30-9-15-39-24)4-3-21-16-22-18-29(28(37)32-26(22)31-19-21)7-12-34(13-8-29)27(36)23-2-1-14-38-23/h1-5,9,14-16,19H,6-8,10-13,17-18H2,(H,31,32,37)/b4-3+. The van der Waals surface area contributed by atoms with E-state index < -0.39 is 5.41 Å². The maximum atomic E-state index is 13.1. The lowest BCUT2D eigenvalue weighted by atomic mass is 9.71. The molecule has 3 aliphatic heterocycles. The van der Waals surface area contributed by atoms with Crippen molar-refractivity contribution in [3.05, 3.63) is 81.9 Å². The van der Waals surface area contributed by atoms with Gasteiger partial charge >= 0.3 is 0 Å². The van der Waals surface area contributed by atoms with E-state index in [4.69, 9.17) is 4.42 Å². The molecule has 3 amide bonds. The fourth-order valence-corrected chi connectivity index (χ4v) is 6.20. The van der Waals surface area contributed by atoms with Crippen LogP contribution in [0.15, 0.2) is 64.4 Å². The van der Waals surface area contributed by atoms with E-state index in [1.54, 1.807) is 46.7 Å². The van der Waals surface area contributed by atoms with Gasteiger partial charge in [0, 0.05) is 56.4 Å². The second kappa shape index (κ2) is 10.6. The quantitative estimate of drug-likeness (QED) is 0.386. The molecule has 0 saturated carbocycles. The molecule has 3 aromatic heterocycles. The highest BCUT2D eigenvalue weighted by molar-refractivity contribution is 7.09. The van der Waals surface area contributed by atoms with Gasteiger partial charge in [0.15, 0.2) is 5.76 Å². The molecule has 0 unspecified atom stereocenters. The van der Waals surface area contributed by atoms with Crippen molar-refractivity contribution in [3.8, 4) is 0 Å². The molecule has 1 N–H and O–H groups in total. The summed E-state index contributed by atoms with van der Waals surface area (Å²) in [5.74, 6) is 0.660. The lowest BCUT2D eigenvalue weighted by molar-refractivity contribution is -0.128. The van der Waals surface area contributed by atoms with Gasteiger partial charge in [0.25, 0.3) is 5.91 Å². The Morgan fingerprint density at radius 1 is 1.18 bits per heavy atom. The van der Waals surface area contributed by atoms with Gasteiger partial charge < -0.3 is 19.5 Å². The monoisotopic (exact) mass is 543 g/mol. The normalized spacial score (nSPS) is 18.7. The predicted molar refractivity (Wildman–Crippen MR) is 147 cm³/mol. The zero-order valence-electron chi connectivity index (χ0n) is 21.5. The molecule has 200 valence electrons. The van der Waals surface area contributed by atoms with E-state index in [1.165, 1.54) is 11.8 Å². The van der Waals surface area contributed by atoms with Crippen LogP contribution < -0.4 is 5.32 Å². The van der Waals surface area contributed by atoms with E-state index in [9.17, 15) is 14.4 Å². The minimum Gasteiger partial charge on any atom is -0.459 e. The zero-order chi connectivity index (χ0) is 26.8. The third-order valence-electron chi connectivity index (χ3n) is 7.86. The third-order valence-corrected chi connectivity index (χ3v) is 8.64. The number of thiazole rings is 1. The van der Waals surface area contributed by atoms with E-state index in [0.717, 1.165) is 29.0 Å². The van der Waals surface area contributed by atoms with E-state index in [-0.39, 0.29) is 17.7 Å². The van der Waals surface area contributed by atoms with E-state index in [0.29, 0.717) is 57.0 Å². The van der Waals surface area contributed by atoms with E-state index in [1.807, 2.05) is 22.5 Å². The van der Waals surface area contributed by atoms with Crippen LogP contribution in [0.4, 0.5) is 5.82 Å². The second-order valence-corrected chi connectivity index (χ2v) is 11.3. The highest BCUT2D eigenvalue weighted by atomic mass is 32.1. The van der Waals surface area contributed by atoms with Gasteiger partial charge in [-0.1, -0.05) is 11.6 Å². The van der Waals surface area contributed by atoms with Crippen LogP contribution in [0.5, 0.6) is 0 Å². The summed E-state index contributed by atoms with van der Waals surface area (Å²) in [7, 11) is 0. The van der Waals surface area contributed by atoms with Crippen LogP contribution >= 0.6 is 11.3 Å². The molecule has 1 saturated heterocycles. The summed E-state index contributed by atoms with van der Waals surface area (Å²) >= 11 is 1.66. The van der Waals surface area contributed by atoms with Crippen molar-refractivity contribution in [3.63, 3.8) is 0 Å². The predicted octanol–water partition coefficient (Wildman–Crippen LogP) is 3.96. The van der Waals surface area contributed by atoms with E-state index in [2.05, 4.69) is 21.4 Å². The Bertz CT molecular complexity index is 1440. The lowest BCUT2D eigenvalue weighted by Crippen LogP contribution is -2.51. The summed E-state index contributed by atoms with van der Waals surface area (Å²) < 4.78 is 5.25. The molecule has 3 aromatic rings. The first-order chi connectivity index (χ1) is 19.0. The maximum Gasteiger partial charge on any atom is 0.289 e. The number of fused-ring (bicyclic) bond motifs is 1. The molecular formula is C29H29N5O4S. The van der Waals surface area contributed by atoms with Gasteiger partial charge in [-0.3, -0.25) is 14.4 Å². The Hall–Kier alpha value is -4.05. The zero-order valence-corrected chi connectivity index (χ0v) is 22.3. The second-order valence-electron chi connectivity index (χ2n) is 10.3. The van der Waals surface area contributed by atoms with Crippen molar-refractivity contribution in [2.75, 3.05) is 31.5 Å². The molecule has 0 radical (unpaired) electrons. The number of pyridine rings is 1. The first-order valence-corrected chi connectivity index (χ1v) is 14.0. The molecule has 1 spiro atoms. The molecule has 10 heteroatoms. The number of carbonyl (C=O) groups is 3. The van der Waals surface area contributed by atoms with Gasteiger partial charge in [-0.15, -0.1) is 11.3 Å². The van der Waals surface area contributed by atoms with Crippen LogP contribution in [0.25, 0.3) is 6.08 Å². The number of aromatic nitrogens is 2. The molecule has 0 bridgehead atoms. The molecule has 6 rings (SSSR count). The number of rotatable bonds is 5. The number of furan rings is 1. The Balaban J connectivity index is 1.08. The lowest BCUT2D eigenvalue weighted by Gasteiger charge is -2.42. The average Bonchev–Trinajstić information content (AvgIpc) is 3.68. The van der Waals surface area contributed by atoms with Crippen molar-refractivity contribution < 1.29 is 18.8 Å². The minimum atomic E-state index is -0.580. The van der Waals surface area contributed by atoms with Gasteiger partial charge in [0.2, 0.25) is 11.8 Å². The number of piperidine rings is 1. The average molecular weight is 544 g/mol. The van der Waals surface area contributed by atoms with Crippen molar-refractivity contribution >= 4 is 41.0 Å². The Kier molecular flexibility index (Phi) is 6.86. The molecule has 0 aliphatic carbocycles. The first kappa shape index (κ1) is 25.2. The van der Waals surface area contributed by atoms with Crippen molar-refractivity contribution in [2.24, 2.45) is 5.41 Å². The molecule has 9 nitrogen and oxygen atoms in total. The fourth-order valence-electron chi connectivity index (χ4n) is 5.53. The van der Waals surface area contributed by atoms with Crippen molar-refractivity contribution in [1.82, 2.24) is 19.8 Å². The van der Waals surface area contributed by atoms with Crippen LogP contribution in [0, 0.1) is 5.41 Å². The number of hydrogen-bond acceptors (Lipinski definition) is 7. The summed E-state index contributed by atoms with van der Waals surface area (Å²) in [6, 6.07) is 5.35. The highest BCUT2D eigenvalue weighted by Crippen LogP contribution is 2.41. The molecular weight excluding hydrogens is 514 g/mol. The smallest absolute Gasteiger partial charge is 0.289 e. The van der Waals surface area contributed by atoms with E-state index >= 15 is 0 Å². The van der Waals surface area contributed by atoms with Crippen LogP contribution in [0.3, 0.4) is 0 Å². The summed E-state index contributed by atoms with van der Waals surface area (Å²) in [6.45, 7) is 2.26. The number of nitrogens with zero attached hydrogens (tertiary/aromatic N) is 4. The number of nitrogens with one attached hydrogen (secondary N) is 1. The fraction of sp³-hybridized carbons (Fsp3) is 0.345. The van der Waals surface area contributed by atoms with Gasteiger partial charge in [-0.05, 0) is 61.1 Å². The minimum absolute atomic E-state index is 0.0318. The maximum absolute atomic E-state index is 13.1. The first-order valence-electron chi connectivity index (χ1n) is 13.2. The van der Waals surface area contributed by atoms with Crippen LogP contribution in [0.2, 0.25) is 0 Å². The van der Waals surface area contributed by atoms with Crippen LogP contribution in [-0.4, -0.2) is 63.7 Å². The summed E-state index contributed by atoms with van der Waals surface area (Å²) in [5.41, 5.74) is 2.51. The van der Waals surface area contributed by atoms with Gasteiger partial charge in [0.05, 0.1) is 16.7 Å². The van der Waals surface area contributed by atoms with Crippen molar-refractivity contribution in [2.45, 2.75) is 32.1 Å².